The number of aryl methyl sites for hydroxylation is 2. The van der Waals surface area contributed by atoms with Crippen LogP contribution in [0.1, 0.15) is 42.9 Å². The minimum Gasteiger partial charge on any atom is -0.483 e. The van der Waals surface area contributed by atoms with Gasteiger partial charge in [-0.25, -0.2) is 0 Å². The lowest BCUT2D eigenvalue weighted by Crippen LogP contribution is -2.43. The summed E-state index contributed by atoms with van der Waals surface area (Å²) in [7, 11) is 0. The van der Waals surface area contributed by atoms with Crippen LogP contribution in [0, 0.1) is 6.92 Å². The predicted octanol–water partition coefficient (Wildman–Crippen LogP) is 2.67. The number of amides is 2. The third-order valence-electron chi connectivity index (χ3n) is 3.85. The summed E-state index contributed by atoms with van der Waals surface area (Å²) in [5.74, 6) is 0.315. The number of carbonyl (C=O) groups excluding carboxylic acids is 2. The van der Waals surface area contributed by atoms with E-state index in [1.165, 1.54) is 0 Å². The molecule has 2 N–H and O–H groups in total. The summed E-state index contributed by atoms with van der Waals surface area (Å²) in [5.41, 5.74) is 7.85. The van der Waals surface area contributed by atoms with E-state index < -0.39 is 5.91 Å². The van der Waals surface area contributed by atoms with Crippen LogP contribution >= 0.6 is 0 Å². The Morgan fingerprint density at radius 2 is 1.92 bits per heavy atom. The molecule has 1 aromatic heterocycles. The van der Waals surface area contributed by atoms with Crippen molar-refractivity contribution in [1.82, 2.24) is 15.8 Å². The molecule has 1 heterocycles. The van der Waals surface area contributed by atoms with Gasteiger partial charge in [-0.3, -0.25) is 25.4 Å². The average Bonchev–Trinajstić information content (AvgIpc) is 2.63. The third kappa shape index (κ3) is 6.20. The Morgan fingerprint density at radius 1 is 1.15 bits per heavy atom. The van der Waals surface area contributed by atoms with Crippen LogP contribution in [-0.2, 0) is 16.0 Å². The molecule has 0 saturated carbocycles. The van der Waals surface area contributed by atoms with Gasteiger partial charge in [-0.2, -0.15) is 0 Å². The fraction of sp³-hybridized carbons (Fsp3) is 0.350. The first-order valence-electron chi connectivity index (χ1n) is 8.65. The summed E-state index contributed by atoms with van der Waals surface area (Å²) >= 11 is 0. The second kappa shape index (κ2) is 9.56. The van der Waals surface area contributed by atoms with Gasteiger partial charge in [-0.15, -0.1) is 0 Å². The molecule has 0 bridgehead atoms. The topological polar surface area (TPSA) is 80.3 Å². The molecule has 26 heavy (non-hydrogen) atoms. The number of benzene rings is 1. The van der Waals surface area contributed by atoms with Gasteiger partial charge in [-0.1, -0.05) is 32.0 Å². The second-order valence-corrected chi connectivity index (χ2v) is 6.44. The van der Waals surface area contributed by atoms with E-state index in [0.717, 1.165) is 16.7 Å². The van der Waals surface area contributed by atoms with Crippen LogP contribution in [0.15, 0.2) is 42.7 Å². The van der Waals surface area contributed by atoms with E-state index >= 15 is 0 Å². The molecule has 2 aromatic rings. The van der Waals surface area contributed by atoms with Crippen LogP contribution in [0.25, 0.3) is 0 Å². The van der Waals surface area contributed by atoms with Crippen LogP contribution in [0.4, 0.5) is 0 Å². The van der Waals surface area contributed by atoms with Crippen LogP contribution in [-0.4, -0.2) is 23.4 Å². The maximum atomic E-state index is 11.9. The lowest BCUT2D eigenvalue weighted by atomic mass is 10.0. The van der Waals surface area contributed by atoms with Crippen molar-refractivity contribution < 1.29 is 14.3 Å². The number of carbonyl (C=O) groups is 2. The second-order valence-electron chi connectivity index (χ2n) is 6.44. The highest BCUT2D eigenvalue weighted by Gasteiger charge is 2.11. The van der Waals surface area contributed by atoms with Crippen molar-refractivity contribution >= 4 is 11.8 Å². The number of hydrazine groups is 1. The fourth-order valence-corrected chi connectivity index (χ4v) is 2.43. The maximum absolute atomic E-state index is 11.9. The molecule has 2 amide bonds. The van der Waals surface area contributed by atoms with E-state index in [2.05, 4.69) is 29.7 Å². The molecule has 0 radical (unpaired) electrons. The van der Waals surface area contributed by atoms with Crippen molar-refractivity contribution in [3.63, 3.8) is 0 Å². The van der Waals surface area contributed by atoms with Gasteiger partial charge in [0.05, 0.1) is 0 Å². The predicted molar refractivity (Wildman–Crippen MR) is 99.6 cm³/mol. The number of hydrogen-bond acceptors (Lipinski definition) is 4. The Labute approximate surface area is 153 Å². The smallest absolute Gasteiger partial charge is 0.276 e. The van der Waals surface area contributed by atoms with E-state index in [1.54, 1.807) is 12.4 Å². The molecule has 6 nitrogen and oxygen atoms in total. The molecule has 0 aliphatic carbocycles. The quantitative estimate of drug-likeness (QED) is 0.748. The van der Waals surface area contributed by atoms with Crippen LogP contribution < -0.4 is 15.6 Å². The molecule has 0 fully saturated rings. The first-order valence-corrected chi connectivity index (χ1v) is 8.65. The molecular formula is C20H25N3O3. The summed E-state index contributed by atoms with van der Waals surface area (Å²) < 4.78 is 5.63. The Morgan fingerprint density at radius 3 is 2.62 bits per heavy atom. The fourth-order valence-electron chi connectivity index (χ4n) is 2.43. The first-order chi connectivity index (χ1) is 12.5. The highest BCUT2D eigenvalue weighted by Crippen LogP contribution is 2.27. The number of rotatable bonds is 7. The SMILES string of the molecule is Cc1ccc(C(C)C)c(OCC(=O)NNC(=O)CCc2cccnc2)c1. The number of nitrogens with one attached hydrogen (secondary N) is 2. The largest absolute Gasteiger partial charge is 0.483 e. The van der Waals surface area contributed by atoms with Crippen molar-refractivity contribution in [1.29, 1.82) is 0 Å². The molecule has 0 aliphatic heterocycles. The summed E-state index contributed by atoms with van der Waals surface area (Å²) in [6.45, 7) is 5.95. The van der Waals surface area contributed by atoms with E-state index in [4.69, 9.17) is 4.74 Å². The van der Waals surface area contributed by atoms with Gasteiger partial charge in [0.25, 0.3) is 5.91 Å². The highest BCUT2D eigenvalue weighted by molar-refractivity contribution is 5.82. The first kappa shape index (κ1) is 19.4. The molecule has 0 atom stereocenters. The van der Waals surface area contributed by atoms with Gasteiger partial charge < -0.3 is 4.74 Å². The molecule has 0 spiro atoms. The van der Waals surface area contributed by atoms with Gasteiger partial charge in [0, 0.05) is 18.8 Å². The van der Waals surface area contributed by atoms with Crippen LogP contribution in [0.2, 0.25) is 0 Å². The molecule has 0 unspecified atom stereocenters. The lowest BCUT2D eigenvalue weighted by Gasteiger charge is -2.15. The minimum absolute atomic E-state index is 0.161. The number of nitrogens with zero attached hydrogens (tertiary/aromatic N) is 1. The van der Waals surface area contributed by atoms with Crippen molar-refractivity contribution in [2.45, 2.75) is 39.5 Å². The molecule has 1 aromatic carbocycles. The lowest BCUT2D eigenvalue weighted by molar-refractivity contribution is -0.130. The molecule has 2 rings (SSSR count). The van der Waals surface area contributed by atoms with Crippen LogP contribution in [0.5, 0.6) is 5.75 Å². The molecule has 6 heteroatoms. The van der Waals surface area contributed by atoms with Crippen molar-refractivity contribution in [3.8, 4) is 5.75 Å². The number of hydrogen-bond donors (Lipinski definition) is 2. The van der Waals surface area contributed by atoms with Gasteiger partial charge in [0.2, 0.25) is 5.91 Å². The molecule has 0 saturated heterocycles. The zero-order chi connectivity index (χ0) is 18.9. The van der Waals surface area contributed by atoms with Gasteiger partial charge in [0.15, 0.2) is 6.61 Å². The van der Waals surface area contributed by atoms with E-state index in [-0.39, 0.29) is 18.9 Å². The van der Waals surface area contributed by atoms with E-state index in [1.807, 2.05) is 37.3 Å². The highest BCUT2D eigenvalue weighted by atomic mass is 16.5. The number of ether oxygens (including phenoxy) is 1. The Hall–Kier alpha value is -2.89. The Bertz CT molecular complexity index is 745. The van der Waals surface area contributed by atoms with Gasteiger partial charge >= 0.3 is 0 Å². The summed E-state index contributed by atoms with van der Waals surface area (Å²) in [4.78, 5) is 27.7. The van der Waals surface area contributed by atoms with E-state index in [0.29, 0.717) is 18.1 Å². The number of pyridine rings is 1. The monoisotopic (exact) mass is 355 g/mol. The molecule has 0 aliphatic rings. The third-order valence-corrected chi connectivity index (χ3v) is 3.85. The van der Waals surface area contributed by atoms with Crippen LogP contribution in [0.3, 0.4) is 0 Å². The standard InChI is InChI=1S/C20H25N3O3/c1-14(2)17-8-6-15(3)11-18(17)26-13-20(25)23-22-19(24)9-7-16-5-4-10-21-12-16/h4-6,8,10-12,14H,7,9,13H2,1-3H3,(H,22,24)(H,23,25). The molecular weight excluding hydrogens is 330 g/mol. The normalized spacial score (nSPS) is 10.5. The Kier molecular flexibility index (Phi) is 7.14. The average molecular weight is 355 g/mol. The number of aromatic nitrogens is 1. The summed E-state index contributed by atoms with van der Waals surface area (Å²) in [5, 5.41) is 0. The maximum Gasteiger partial charge on any atom is 0.276 e. The van der Waals surface area contributed by atoms with Gasteiger partial charge in [-0.05, 0) is 48.1 Å². The molecule has 138 valence electrons. The van der Waals surface area contributed by atoms with Crippen molar-refractivity contribution in [2.75, 3.05) is 6.61 Å². The zero-order valence-corrected chi connectivity index (χ0v) is 15.4. The Balaban J connectivity index is 1.75. The summed E-state index contributed by atoms with van der Waals surface area (Å²) in [6, 6.07) is 9.66. The minimum atomic E-state index is -0.407. The zero-order valence-electron chi connectivity index (χ0n) is 15.4. The van der Waals surface area contributed by atoms with Crippen molar-refractivity contribution in [3.05, 3.63) is 59.4 Å². The van der Waals surface area contributed by atoms with Gasteiger partial charge in [0.1, 0.15) is 5.75 Å². The van der Waals surface area contributed by atoms with E-state index in [9.17, 15) is 9.59 Å². The van der Waals surface area contributed by atoms with Crippen molar-refractivity contribution in [2.24, 2.45) is 0 Å². The summed E-state index contributed by atoms with van der Waals surface area (Å²) in [6.07, 6.45) is 4.23.